The van der Waals surface area contributed by atoms with E-state index in [9.17, 15) is 4.21 Å². The van der Waals surface area contributed by atoms with Gasteiger partial charge in [0.2, 0.25) is 0 Å². The zero-order chi connectivity index (χ0) is 14.5. The lowest BCUT2D eigenvalue weighted by Gasteiger charge is -2.20. The van der Waals surface area contributed by atoms with Crippen LogP contribution in [0.25, 0.3) is 0 Å². The summed E-state index contributed by atoms with van der Waals surface area (Å²) in [4.78, 5) is 4.26. The molecule has 0 fully saturated rings. The maximum atomic E-state index is 12.1. The second kappa shape index (κ2) is 7.00. The summed E-state index contributed by atoms with van der Waals surface area (Å²) in [7, 11) is -1.24. The predicted octanol–water partition coefficient (Wildman–Crippen LogP) is 3.44. The summed E-state index contributed by atoms with van der Waals surface area (Å²) < 4.78 is 15.1. The van der Waals surface area contributed by atoms with Crippen molar-refractivity contribution in [3.63, 3.8) is 0 Å². The largest absolute Gasteiger partial charge is 0.245 e. The number of nitrogens with zero attached hydrogens (tertiary/aromatic N) is 1. The molecule has 0 aliphatic carbocycles. The van der Waals surface area contributed by atoms with Crippen LogP contribution in [0.1, 0.15) is 51.3 Å². The highest BCUT2D eigenvalue weighted by molar-refractivity contribution is 7.83. The predicted molar refractivity (Wildman–Crippen MR) is 79.1 cm³/mol. The van der Waals surface area contributed by atoms with E-state index in [0.717, 1.165) is 16.7 Å². The summed E-state index contributed by atoms with van der Waals surface area (Å²) in [6.07, 6.45) is 1.78. The lowest BCUT2D eigenvalue weighted by molar-refractivity contribution is 0.518. The molecule has 1 rings (SSSR count). The number of aromatic nitrogens is 1. The van der Waals surface area contributed by atoms with E-state index in [4.69, 9.17) is 0 Å². The molecule has 0 saturated carbocycles. The third-order valence-electron chi connectivity index (χ3n) is 2.42. The molecule has 0 aliphatic heterocycles. The molecular weight excluding hydrogens is 244 g/mol. The molecule has 0 saturated heterocycles. The van der Waals surface area contributed by atoms with Gasteiger partial charge in [0.25, 0.3) is 0 Å². The van der Waals surface area contributed by atoms with Gasteiger partial charge in [0.05, 0.1) is 0 Å². The van der Waals surface area contributed by atoms with Gasteiger partial charge in [-0.05, 0) is 58.2 Å². The van der Waals surface area contributed by atoms with Crippen molar-refractivity contribution in [3.05, 3.63) is 22.9 Å². The van der Waals surface area contributed by atoms with E-state index in [0.29, 0.717) is 5.03 Å². The first-order valence-corrected chi connectivity index (χ1v) is 7.50. The summed E-state index contributed by atoms with van der Waals surface area (Å²) in [6, 6.07) is 0. The Hall–Kier alpha value is -0.740. The molecule has 0 bridgehead atoms. The minimum Gasteiger partial charge on any atom is -0.245 e. The highest BCUT2D eigenvalue weighted by Crippen LogP contribution is 2.17. The number of nitrogens with one attached hydrogen (secondary N) is 1. The molecule has 1 N–H and O–H groups in total. The third kappa shape index (κ3) is 4.86. The molecule has 1 heterocycles. The number of rotatable bonds is 2. The van der Waals surface area contributed by atoms with Crippen molar-refractivity contribution in [1.82, 2.24) is 9.71 Å². The summed E-state index contributed by atoms with van der Waals surface area (Å²) in [5.41, 5.74) is 3.12. The van der Waals surface area contributed by atoms with E-state index in [1.807, 2.05) is 55.4 Å². The highest BCUT2D eigenvalue weighted by Gasteiger charge is 2.18. The maximum absolute atomic E-state index is 12.1. The quantitative estimate of drug-likeness (QED) is 0.894. The smallest absolute Gasteiger partial charge is 0.145 e. The molecule has 0 aliphatic rings. The van der Waals surface area contributed by atoms with Gasteiger partial charge in [-0.3, -0.25) is 0 Å². The average Bonchev–Trinajstić information content (AvgIpc) is 2.26. The SMILES string of the molecule is CC.Cc1cnc(S(=O)NC(C)(C)C)c(C)c1C. The summed E-state index contributed by atoms with van der Waals surface area (Å²) in [5, 5.41) is 0.637. The zero-order valence-electron chi connectivity index (χ0n) is 12.8. The van der Waals surface area contributed by atoms with Gasteiger partial charge in [-0.1, -0.05) is 13.8 Å². The van der Waals surface area contributed by atoms with Gasteiger partial charge >= 0.3 is 0 Å². The van der Waals surface area contributed by atoms with Crippen molar-refractivity contribution in [3.8, 4) is 0 Å². The lowest BCUT2D eigenvalue weighted by atomic mass is 10.1. The van der Waals surface area contributed by atoms with Gasteiger partial charge in [-0.2, -0.15) is 0 Å². The van der Waals surface area contributed by atoms with Crippen LogP contribution in [0.15, 0.2) is 11.2 Å². The Balaban J connectivity index is 0.00000137. The molecule has 4 heteroatoms. The number of hydrogen-bond acceptors (Lipinski definition) is 2. The normalized spacial score (nSPS) is 12.7. The first-order valence-electron chi connectivity index (χ1n) is 6.35. The van der Waals surface area contributed by atoms with E-state index in [-0.39, 0.29) is 5.54 Å². The van der Waals surface area contributed by atoms with Gasteiger partial charge in [-0.15, -0.1) is 0 Å². The maximum Gasteiger partial charge on any atom is 0.145 e. The van der Waals surface area contributed by atoms with Gasteiger partial charge in [0.1, 0.15) is 16.0 Å². The number of aryl methyl sites for hydroxylation is 1. The second-order valence-corrected chi connectivity index (χ2v) is 6.25. The Morgan fingerprint density at radius 3 is 2.06 bits per heavy atom. The van der Waals surface area contributed by atoms with Crippen LogP contribution in [-0.4, -0.2) is 14.7 Å². The minimum absolute atomic E-state index is 0.183. The molecule has 0 radical (unpaired) electrons. The Bertz CT molecular complexity index is 423. The molecule has 0 amide bonds. The van der Waals surface area contributed by atoms with E-state index < -0.39 is 11.0 Å². The fourth-order valence-corrected chi connectivity index (χ4v) is 2.55. The van der Waals surface area contributed by atoms with Crippen LogP contribution in [-0.2, 0) is 11.0 Å². The van der Waals surface area contributed by atoms with Crippen molar-refractivity contribution >= 4 is 11.0 Å². The van der Waals surface area contributed by atoms with Crippen molar-refractivity contribution < 1.29 is 4.21 Å². The Labute approximate surface area is 114 Å². The molecule has 0 aromatic carbocycles. The first kappa shape index (κ1) is 17.3. The fourth-order valence-electron chi connectivity index (χ4n) is 1.32. The topological polar surface area (TPSA) is 42.0 Å². The van der Waals surface area contributed by atoms with Crippen LogP contribution in [0, 0.1) is 20.8 Å². The molecule has 1 atom stereocenters. The highest BCUT2D eigenvalue weighted by atomic mass is 32.2. The molecule has 18 heavy (non-hydrogen) atoms. The van der Waals surface area contributed by atoms with Crippen LogP contribution in [0.2, 0.25) is 0 Å². The molecule has 1 unspecified atom stereocenters. The summed E-state index contributed by atoms with van der Waals surface area (Å²) >= 11 is 0. The van der Waals surface area contributed by atoms with Gasteiger partial charge in [-0.25, -0.2) is 13.9 Å². The molecule has 3 nitrogen and oxygen atoms in total. The first-order chi connectivity index (χ1) is 8.22. The summed E-state index contributed by atoms with van der Waals surface area (Å²) in [6.45, 7) is 16.0. The monoisotopic (exact) mass is 270 g/mol. The van der Waals surface area contributed by atoms with Crippen molar-refractivity contribution in [2.75, 3.05) is 0 Å². The van der Waals surface area contributed by atoms with E-state index in [1.54, 1.807) is 6.20 Å². The van der Waals surface area contributed by atoms with E-state index in [1.165, 1.54) is 0 Å². The average molecular weight is 270 g/mol. The van der Waals surface area contributed by atoms with Gasteiger partial charge < -0.3 is 0 Å². The van der Waals surface area contributed by atoms with Crippen LogP contribution >= 0.6 is 0 Å². The van der Waals surface area contributed by atoms with Gasteiger partial charge in [0.15, 0.2) is 0 Å². The standard InChI is InChI=1S/C12H20N2OS.C2H6/c1-8-7-13-11(10(3)9(8)2)16(15)14-12(4,5)6;1-2/h7,14H,1-6H3;1-2H3. The molecule has 1 aromatic rings. The Morgan fingerprint density at radius 2 is 1.61 bits per heavy atom. The van der Waals surface area contributed by atoms with Crippen molar-refractivity contribution in [2.45, 2.75) is 66.0 Å². The lowest BCUT2D eigenvalue weighted by Crippen LogP contribution is -2.37. The third-order valence-corrected chi connectivity index (χ3v) is 3.99. The van der Waals surface area contributed by atoms with Crippen molar-refractivity contribution in [1.29, 1.82) is 0 Å². The number of hydrogen-bond donors (Lipinski definition) is 1. The molecule has 0 spiro atoms. The van der Waals surface area contributed by atoms with Crippen LogP contribution < -0.4 is 4.72 Å². The van der Waals surface area contributed by atoms with Gasteiger partial charge in [0, 0.05) is 11.7 Å². The van der Waals surface area contributed by atoms with Crippen LogP contribution in [0.4, 0.5) is 0 Å². The molecule has 1 aromatic heterocycles. The zero-order valence-corrected chi connectivity index (χ0v) is 13.7. The van der Waals surface area contributed by atoms with Crippen molar-refractivity contribution in [2.24, 2.45) is 0 Å². The number of pyridine rings is 1. The molecular formula is C14H26N2OS. The van der Waals surface area contributed by atoms with Crippen LogP contribution in [0.5, 0.6) is 0 Å². The fraction of sp³-hybridized carbons (Fsp3) is 0.643. The van der Waals surface area contributed by atoms with Crippen LogP contribution in [0.3, 0.4) is 0 Å². The summed E-state index contributed by atoms with van der Waals surface area (Å²) in [5.74, 6) is 0. The minimum atomic E-state index is -1.24. The van der Waals surface area contributed by atoms with E-state index in [2.05, 4.69) is 9.71 Å². The molecule has 104 valence electrons. The Kier molecular flexibility index (Phi) is 6.71. The second-order valence-electron chi connectivity index (χ2n) is 5.12. The Morgan fingerprint density at radius 1 is 1.11 bits per heavy atom. The van der Waals surface area contributed by atoms with E-state index >= 15 is 0 Å².